The molecule has 0 aliphatic carbocycles. The summed E-state index contributed by atoms with van der Waals surface area (Å²) in [5, 5.41) is 2.18. The Labute approximate surface area is 337 Å². The van der Waals surface area contributed by atoms with Crippen LogP contribution in [-0.4, -0.2) is 123 Å². The molecule has 3 aromatic rings. The number of anilines is 2. The number of imide groups is 2. The van der Waals surface area contributed by atoms with Crippen molar-refractivity contribution in [2.75, 3.05) is 77.2 Å². The molecule has 7 rings (SSSR count). The lowest BCUT2D eigenvalue weighted by molar-refractivity contribution is -0.138. The monoisotopic (exact) mass is 821 g/mol. The molecule has 4 amide bonds. The van der Waals surface area contributed by atoms with E-state index >= 15 is 0 Å². The van der Waals surface area contributed by atoms with Crippen molar-refractivity contribution >= 4 is 52.7 Å². The van der Waals surface area contributed by atoms with Gasteiger partial charge in [-0.1, -0.05) is 30.0 Å². The number of hydrogen-bond acceptors (Lipinski definition) is 12. The number of para-hydroxylation sites is 1. The fourth-order valence-electron chi connectivity index (χ4n) is 7.52. The van der Waals surface area contributed by atoms with Crippen LogP contribution in [0.25, 0.3) is 0 Å². The van der Waals surface area contributed by atoms with Crippen molar-refractivity contribution in [2.45, 2.75) is 47.7 Å². The third kappa shape index (κ3) is 9.08. The minimum Gasteiger partial charge on any atom is -0.490 e. The largest absolute Gasteiger partial charge is 0.490 e. The maximum absolute atomic E-state index is 13.6. The molecule has 58 heavy (non-hydrogen) atoms. The van der Waals surface area contributed by atoms with Gasteiger partial charge in [0.05, 0.1) is 54.5 Å². The third-order valence-electron chi connectivity index (χ3n) is 10.5. The first-order valence-electron chi connectivity index (χ1n) is 19.1. The van der Waals surface area contributed by atoms with E-state index in [1.807, 2.05) is 34.1 Å². The number of piperazine rings is 1. The van der Waals surface area contributed by atoms with Crippen molar-refractivity contribution in [3.8, 4) is 5.75 Å². The Morgan fingerprint density at radius 1 is 0.828 bits per heavy atom. The molecule has 306 valence electrons. The van der Waals surface area contributed by atoms with Gasteiger partial charge in [0, 0.05) is 55.4 Å². The van der Waals surface area contributed by atoms with Crippen LogP contribution in [0.5, 0.6) is 5.75 Å². The quantitative estimate of drug-likeness (QED) is 0.119. The molecule has 17 heteroatoms. The normalized spacial score (nSPS) is 18.1. The van der Waals surface area contributed by atoms with Gasteiger partial charge in [-0.15, -0.1) is 0 Å². The van der Waals surface area contributed by atoms with Gasteiger partial charge in [-0.3, -0.25) is 34.3 Å². The predicted octanol–water partition coefficient (Wildman–Crippen LogP) is 4.93. The maximum Gasteiger partial charge on any atom is 0.416 e. The zero-order valence-corrected chi connectivity index (χ0v) is 32.4. The second-order valence-electron chi connectivity index (χ2n) is 14.1. The van der Waals surface area contributed by atoms with E-state index in [4.69, 9.17) is 14.2 Å². The Morgan fingerprint density at radius 2 is 1.57 bits per heavy atom. The van der Waals surface area contributed by atoms with Crippen molar-refractivity contribution in [1.82, 2.24) is 20.0 Å². The van der Waals surface area contributed by atoms with Crippen molar-refractivity contribution in [2.24, 2.45) is 0 Å². The van der Waals surface area contributed by atoms with Crippen LogP contribution in [0.3, 0.4) is 0 Å². The van der Waals surface area contributed by atoms with Gasteiger partial charge in [0.1, 0.15) is 30.0 Å². The molecule has 4 heterocycles. The van der Waals surface area contributed by atoms with Crippen LogP contribution in [-0.2, 0) is 30.0 Å². The second kappa shape index (κ2) is 18.2. The molecular formula is C41H42F3N5O8S. The lowest BCUT2D eigenvalue weighted by Crippen LogP contribution is -2.54. The number of hydrogen-bond donors (Lipinski definition) is 1. The van der Waals surface area contributed by atoms with E-state index in [2.05, 4.69) is 16.2 Å². The Hall–Kier alpha value is -5.19. The minimum atomic E-state index is -4.43. The third-order valence-corrected chi connectivity index (χ3v) is 11.6. The van der Waals surface area contributed by atoms with Crippen LogP contribution in [0, 0.1) is 0 Å². The van der Waals surface area contributed by atoms with Gasteiger partial charge >= 0.3 is 6.18 Å². The Morgan fingerprint density at radius 3 is 2.33 bits per heavy atom. The summed E-state index contributed by atoms with van der Waals surface area (Å²) in [6.07, 6.45) is -3.21. The fraction of sp³-hybridized carbons (Fsp3) is 0.415. The number of carbonyl (C=O) groups excluding carboxylic acids is 5. The minimum absolute atomic E-state index is 0.0278. The van der Waals surface area contributed by atoms with Gasteiger partial charge < -0.3 is 24.0 Å². The van der Waals surface area contributed by atoms with E-state index < -0.39 is 41.4 Å². The smallest absolute Gasteiger partial charge is 0.416 e. The summed E-state index contributed by atoms with van der Waals surface area (Å²) in [4.78, 5) is 71.0. The molecule has 1 unspecified atom stereocenters. The van der Waals surface area contributed by atoms with Crippen LogP contribution in [0.4, 0.5) is 24.5 Å². The highest BCUT2D eigenvalue weighted by atomic mass is 32.2. The number of rotatable bonds is 16. The summed E-state index contributed by atoms with van der Waals surface area (Å²) in [6, 6.07) is 15.3. The fourth-order valence-corrected chi connectivity index (χ4v) is 8.60. The number of fused-ring (bicyclic) bond motifs is 3. The van der Waals surface area contributed by atoms with Crippen molar-refractivity contribution in [1.29, 1.82) is 0 Å². The van der Waals surface area contributed by atoms with Gasteiger partial charge in [0.2, 0.25) is 11.8 Å². The van der Waals surface area contributed by atoms with Crippen LogP contribution >= 0.6 is 11.8 Å². The molecule has 0 radical (unpaired) electrons. The molecule has 2 fully saturated rings. The number of benzene rings is 3. The lowest BCUT2D eigenvalue weighted by Gasteiger charge is -2.37. The van der Waals surface area contributed by atoms with Gasteiger partial charge in [-0.05, 0) is 61.9 Å². The Bertz CT molecular complexity index is 2100. The standard InChI is InChI=1S/C41H42F3N5O8S/c42-41(43,44)27-9-11-35-32(25-27)48(30-6-1-2-8-34(30)58-35)15-4-14-46-16-18-47(19-17-46)28(26-50)13-20-55-21-22-56-23-24-57-33-7-3-5-29-37(33)40(54)49(39(29)53)31-10-12-36(51)45-38(31)52/h1-3,5-9,11,25,31H,4,10,12-24H2,(H,45,51,52). The summed E-state index contributed by atoms with van der Waals surface area (Å²) in [5.74, 6) is -0.135. The van der Waals surface area contributed by atoms with Crippen LogP contribution < -0.4 is 15.0 Å². The van der Waals surface area contributed by atoms with Crippen LogP contribution in [0.15, 0.2) is 76.2 Å². The van der Waals surface area contributed by atoms with E-state index in [1.54, 1.807) is 18.2 Å². The topological polar surface area (TPSA) is 138 Å². The number of piperidine rings is 1. The van der Waals surface area contributed by atoms with Crippen molar-refractivity contribution in [3.05, 3.63) is 83.1 Å². The van der Waals surface area contributed by atoms with Gasteiger partial charge in [0.15, 0.2) is 0 Å². The first-order valence-corrected chi connectivity index (χ1v) is 19.9. The molecule has 0 saturated carbocycles. The predicted molar refractivity (Wildman–Crippen MR) is 206 cm³/mol. The van der Waals surface area contributed by atoms with E-state index in [0.717, 1.165) is 52.5 Å². The highest BCUT2D eigenvalue weighted by Gasteiger charge is 2.46. The number of nitrogens with one attached hydrogen (secondary N) is 1. The van der Waals surface area contributed by atoms with Gasteiger partial charge in [-0.25, -0.2) is 4.79 Å². The van der Waals surface area contributed by atoms with Crippen molar-refractivity contribution in [3.63, 3.8) is 0 Å². The molecule has 0 spiro atoms. The van der Waals surface area contributed by atoms with E-state index in [-0.39, 0.29) is 56.1 Å². The highest BCUT2D eigenvalue weighted by Crippen LogP contribution is 2.49. The molecule has 4 aliphatic rings. The van der Waals surface area contributed by atoms with E-state index in [0.29, 0.717) is 44.0 Å². The first-order chi connectivity index (χ1) is 28.0. The lowest BCUT2D eigenvalue weighted by atomic mass is 10.0. The number of halogens is 3. The van der Waals surface area contributed by atoms with Gasteiger partial charge in [-0.2, -0.15) is 13.2 Å². The van der Waals surface area contributed by atoms with Gasteiger partial charge in [0.25, 0.3) is 11.8 Å². The first kappa shape index (κ1) is 41.0. The molecule has 0 aromatic heterocycles. The zero-order chi connectivity index (χ0) is 40.8. The van der Waals surface area contributed by atoms with Crippen LogP contribution in [0.2, 0.25) is 0 Å². The molecule has 4 aliphatic heterocycles. The molecule has 13 nitrogen and oxygen atoms in total. The number of nitrogens with zero attached hydrogens (tertiary/aromatic N) is 4. The number of ether oxygens (including phenoxy) is 3. The molecule has 2 saturated heterocycles. The maximum atomic E-state index is 13.6. The molecule has 1 atom stereocenters. The summed E-state index contributed by atoms with van der Waals surface area (Å²) in [5.41, 5.74) is 1.54. The van der Waals surface area contributed by atoms with E-state index in [9.17, 15) is 37.1 Å². The Balaban J connectivity index is 0.784. The zero-order valence-electron chi connectivity index (χ0n) is 31.6. The molecule has 3 aromatic carbocycles. The summed E-state index contributed by atoms with van der Waals surface area (Å²) < 4.78 is 57.8. The average Bonchev–Trinajstić information content (AvgIpc) is 3.47. The molecular weight excluding hydrogens is 780 g/mol. The van der Waals surface area contributed by atoms with Crippen molar-refractivity contribution < 1.29 is 51.4 Å². The van der Waals surface area contributed by atoms with Crippen LogP contribution in [0.1, 0.15) is 52.0 Å². The SMILES string of the molecule is O=C=C(CCOCCOCCOc1cccc2c1C(=O)N(C1CCC(=O)NC1=O)C2=O)N1CCN(CCCN2c3ccccc3Sc3ccc(C(F)(F)F)cc32)CC1. The Kier molecular flexibility index (Phi) is 12.8. The highest BCUT2D eigenvalue weighted by molar-refractivity contribution is 7.99. The number of carbonyl (C=O) groups is 4. The molecule has 0 bridgehead atoms. The summed E-state index contributed by atoms with van der Waals surface area (Å²) in [6.45, 7) is 5.17. The second-order valence-corrected chi connectivity index (χ2v) is 15.2. The number of amides is 4. The summed E-state index contributed by atoms with van der Waals surface area (Å²) >= 11 is 1.48. The number of alkyl halides is 3. The molecule has 1 N–H and O–H groups in total. The van der Waals surface area contributed by atoms with E-state index in [1.165, 1.54) is 23.9 Å². The summed E-state index contributed by atoms with van der Waals surface area (Å²) in [7, 11) is 0. The average molecular weight is 822 g/mol.